The van der Waals surface area contributed by atoms with Crippen molar-refractivity contribution in [1.29, 1.82) is 5.26 Å². The third-order valence-corrected chi connectivity index (χ3v) is 11.3. The Morgan fingerprint density at radius 2 is 1.75 bits per heavy atom. The van der Waals surface area contributed by atoms with Crippen LogP contribution in [0.4, 0.5) is 0 Å². The molecule has 0 aliphatic heterocycles. The number of aromatic nitrogens is 3. The van der Waals surface area contributed by atoms with Crippen molar-refractivity contribution in [3.05, 3.63) is 94.4 Å². The molecule has 1 unspecified atom stereocenters. The van der Waals surface area contributed by atoms with Crippen molar-refractivity contribution in [3.8, 4) is 6.07 Å². The molecule has 228 valence electrons. The Morgan fingerprint density at radius 1 is 1.05 bits per heavy atom. The Hall–Kier alpha value is -4.24. The topological polar surface area (TPSA) is 127 Å². The van der Waals surface area contributed by atoms with Gasteiger partial charge in [0.2, 0.25) is 0 Å². The molecule has 0 saturated carbocycles. The minimum Gasteiger partial charge on any atom is -0.480 e. The lowest BCUT2D eigenvalue weighted by Gasteiger charge is -2.21. The summed E-state index contributed by atoms with van der Waals surface area (Å²) < 4.78 is 36.6. The molecule has 2 aromatic heterocycles. The number of aryl methyl sites for hydroxylation is 3. The van der Waals surface area contributed by atoms with Crippen molar-refractivity contribution in [2.75, 3.05) is 6.61 Å². The van der Waals surface area contributed by atoms with E-state index in [1.165, 1.54) is 10.2 Å². The molecule has 0 aliphatic carbocycles. The summed E-state index contributed by atoms with van der Waals surface area (Å²) in [6.07, 6.45) is 1.48. The Bertz CT molecular complexity index is 2050. The van der Waals surface area contributed by atoms with Gasteiger partial charge < -0.3 is 14.4 Å². The van der Waals surface area contributed by atoms with Crippen molar-refractivity contribution >= 4 is 46.0 Å². The molecule has 5 aromatic rings. The Kier molecular flexibility index (Phi) is 8.28. The Labute approximate surface area is 258 Å². The van der Waals surface area contributed by atoms with Crippen LogP contribution in [-0.2, 0) is 26.3 Å². The van der Waals surface area contributed by atoms with Gasteiger partial charge in [-0.1, -0.05) is 43.4 Å². The number of nitriles is 1. The number of carbonyl (C=O) groups is 1. The number of ether oxygens (including phenoxy) is 1. The molecule has 0 amide bonds. The summed E-state index contributed by atoms with van der Waals surface area (Å²) in [7, 11) is -5.34. The van der Waals surface area contributed by atoms with Crippen LogP contribution in [0, 0.1) is 32.1 Å². The molecule has 0 saturated heterocycles. The van der Waals surface area contributed by atoms with Crippen LogP contribution in [0.25, 0.3) is 21.9 Å². The van der Waals surface area contributed by atoms with E-state index >= 15 is 0 Å². The van der Waals surface area contributed by atoms with Crippen LogP contribution in [0.2, 0.25) is 25.7 Å². The predicted octanol–water partition coefficient (Wildman–Crippen LogP) is 6.55. The van der Waals surface area contributed by atoms with Crippen LogP contribution in [0.5, 0.6) is 0 Å². The number of imidazole rings is 1. The van der Waals surface area contributed by atoms with Gasteiger partial charge in [0.05, 0.1) is 33.1 Å². The van der Waals surface area contributed by atoms with E-state index < -0.39 is 30.0 Å². The predicted molar refractivity (Wildman–Crippen MR) is 173 cm³/mol. The molecule has 0 bridgehead atoms. The fourth-order valence-electron chi connectivity index (χ4n) is 5.57. The highest BCUT2D eigenvalue weighted by Crippen LogP contribution is 2.38. The fourth-order valence-corrected chi connectivity index (χ4v) is 7.74. The maximum atomic E-state index is 13.8. The first-order chi connectivity index (χ1) is 20.7. The smallest absolute Gasteiger partial charge is 0.318 e. The average molecular weight is 629 g/mol. The molecule has 1 N–H and O–H groups in total. The van der Waals surface area contributed by atoms with E-state index in [2.05, 4.69) is 25.7 Å². The number of fused-ring (bicyclic) bond motifs is 2. The van der Waals surface area contributed by atoms with E-state index in [4.69, 9.17) is 9.72 Å². The van der Waals surface area contributed by atoms with Gasteiger partial charge in [0.15, 0.2) is 0 Å². The number of hydrogen-bond donors (Lipinski definition) is 1. The van der Waals surface area contributed by atoms with Gasteiger partial charge in [0, 0.05) is 26.3 Å². The largest absolute Gasteiger partial charge is 0.480 e. The van der Waals surface area contributed by atoms with Gasteiger partial charge >= 0.3 is 5.97 Å². The molecule has 11 heteroatoms. The summed E-state index contributed by atoms with van der Waals surface area (Å²) in [5, 5.41) is 20.8. The lowest BCUT2D eigenvalue weighted by molar-refractivity contribution is -0.138. The molecule has 5 rings (SSSR count). The Morgan fingerprint density at radius 3 is 2.39 bits per heavy atom. The van der Waals surface area contributed by atoms with E-state index in [0.29, 0.717) is 50.8 Å². The molecule has 0 aliphatic rings. The lowest BCUT2D eigenvalue weighted by atomic mass is 9.89. The van der Waals surface area contributed by atoms with E-state index in [1.807, 2.05) is 26.8 Å². The second-order valence-corrected chi connectivity index (χ2v) is 19.9. The summed E-state index contributed by atoms with van der Waals surface area (Å²) in [4.78, 5) is 18.1. The zero-order valence-corrected chi connectivity index (χ0v) is 27.6. The molecule has 44 heavy (non-hydrogen) atoms. The van der Waals surface area contributed by atoms with E-state index in [0.717, 1.165) is 11.6 Å². The highest BCUT2D eigenvalue weighted by atomic mass is 32.2. The number of carboxylic acids is 1. The summed E-state index contributed by atoms with van der Waals surface area (Å²) in [6.45, 7) is 12.9. The summed E-state index contributed by atoms with van der Waals surface area (Å²) in [5.74, 6) is -2.13. The highest BCUT2D eigenvalue weighted by molar-refractivity contribution is 7.90. The SMILES string of the molecule is Cc1ccc(S(=O)(=O)n2ccc3c(C(C(=O)O)c4nc5ccc(C#N)cc5n4COCC[Si](C)(C)C)c(C)cc(C)c32)cc1. The quantitative estimate of drug-likeness (QED) is 0.137. The highest BCUT2D eigenvalue weighted by Gasteiger charge is 2.33. The van der Waals surface area contributed by atoms with Gasteiger partial charge in [0.1, 0.15) is 18.5 Å². The normalized spacial score (nSPS) is 12.9. The first-order valence-electron chi connectivity index (χ1n) is 14.4. The van der Waals surface area contributed by atoms with E-state index in [-0.39, 0.29) is 17.5 Å². The molecule has 9 nitrogen and oxygen atoms in total. The zero-order valence-electron chi connectivity index (χ0n) is 25.7. The van der Waals surface area contributed by atoms with Crippen molar-refractivity contribution < 1.29 is 23.1 Å². The summed E-state index contributed by atoms with van der Waals surface area (Å²) in [6, 6.07) is 18.2. The molecular formula is C33H36N4O5SSi. The third-order valence-electron chi connectivity index (χ3n) is 7.87. The van der Waals surface area contributed by atoms with Crippen molar-refractivity contribution in [2.24, 2.45) is 0 Å². The summed E-state index contributed by atoms with van der Waals surface area (Å²) >= 11 is 0. The number of carboxylic acid groups (broad SMARTS) is 1. The Balaban J connectivity index is 1.71. The maximum Gasteiger partial charge on any atom is 0.318 e. The second-order valence-electron chi connectivity index (χ2n) is 12.4. The first-order valence-corrected chi connectivity index (χ1v) is 19.5. The maximum absolute atomic E-state index is 13.8. The number of hydrogen-bond acceptors (Lipinski definition) is 6. The lowest BCUT2D eigenvalue weighted by Crippen LogP contribution is -2.23. The second kappa shape index (κ2) is 11.7. The van der Waals surface area contributed by atoms with E-state index in [9.17, 15) is 23.6 Å². The van der Waals surface area contributed by atoms with Gasteiger partial charge in [-0.3, -0.25) is 4.79 Å². The first kappa shape index (κ1) is 31.2. The third kappa shape index (κ3) is 5.80. The summed E-state index contributed by atoms with van der Waals surface area (Å²) in [5.41, 5.74) is 4.77. The van der Waals surface area contributed by atoms with Gasteiger partial charge in [-0.15, -0.1) is 0 Å². The molecule has 0 radical (unpaired) electrons. The minimum absolute atomic E-state index is 0.0614. The van der Waals surface area contributed by atoms with Gasteiger partial charge in [-0.25, -0.2) is 17.4 Å². The molecule has 0 spiro atoms. The van der Waals surface area contributed by atoms with Gasteiger partial charge in [-0.2, -0.15) is 5.26 Å². The molecule has 3 aromatic carbocycles. The van der Waals surface area contributed by atoms with Crippen molar-refractivity contribution in [2.45, 2.75) is 64.0 Å². The van der Waals surface area contributed by atoms with Crippen LogP contribution < -0.4 is 0 Å². The van der Waals surface area contributed by atoms with Crippen LogP contribution >= 0.6 is 0 Å². The van der Waals surface area contributed by atoms with Crippen LogP contribution in [0.3, 0.4) is 0 Å². The molecular weight excluding hydrogens is 593 g/mol. The number of rotatable bonds is 10. The average Bonchev–Trinajstić information content (AvgIpc) is 3.55. The number of nitrogens with zero attached hydrogens (tertiary/aromatic N) is 4. The van der Waals surface area contributed by atoms with Crippen molar-refractivity contribution in [3.63, 3.8) is 0 Å². The van der Waals surface area contributed by atoms with Crippen LogP contribution in [0.15, 0.2) is 65.7 Å². The minimum atomic E-state index is -3.96. The standard InChI is InChI=1S/C33H36N4O5SSi/c1-21-7-10-25(11-8-21)43(40,41)37-14-13-26-29(22(2)17-23(3)31(26)37)30(33(38)39)32-35-27-12-9-24(19-34)18-28(27)36(32)20-42-15-16-44(4,5)6/h7-14,17-18,30H,15-16,20H2,1-6H3,(H,38,39). The van der Waals surface area contributed by atoms with Crippen LogP contribution in [0.1, 0.15) is 39.6 Å². The molecule has 2 heterocycles. The number of aliphatic carboxylic acids is 1. The monoisotopic (exact) mass is 628 g/mol. The molecule has 0 fully saturated rings. The van der Waals surface area contributed by atoms with Crippen molar-refractivity contribution in [1.82, 2.24) is 13.5 Å². The van der Waals surface area contributed by atoms with Crippen LogP contribution in [-0.4, -0.2) is 47.7 Å². The van der Waals surface area contributed by atoms with E-state index in [1.54, 1.807) is 53.1 Å². The number of benzene rings is 3. The van der Waals surface area contributed by atoms with Gasteiger partial charge in [-0.05, 0) is 79.9 Å². The van der Waals surface area contributed by atoms with Gasteiger partial charge in [0.25, 0.3) is 10.0 Å². The fraction of sp³-hybridized carbons (Fsp3) is 0.303. The molecule has 1 atom stereocenters. The zero-order chi connectivity index (χ0) is 32.0.